The van der Waals surface area contributed by atoms with Gasteiger partial charge in [-0.05, 0) is 48.7 Å². The van der Waals surface area contributed by atoms with Crippen molar-refractivity contribution < 1.29 is 19.1 Å². The molecule has 1 aliphatic heterocycles. The van der Waals surface area contributed by atoms with Crippen molar-refractivity contribution in [1.82, 2.24) is 10.2 Å². The highest BCUT2D eigenvalue weighted by Gasteiger charge is 2.25. The van der Waals surface area contributed by atoms with Crippen LogP contribution in [0.2, 0.25) is 0 Å². The Balaban J connectivity index is 1.50. The molecule has 0 aliphatic carbocycles. The minimum atomic E-state index is -0.422. The fourth-order valence-electron chi connectivity index (χ4n) is 3.38. The number of hydrogen-bond acceptors (Lipinski definition) is 4. The highest BCUT2D eigenvalue weighted by atomic mass is 79.9. The molecule has 152 valence electrons. The van der Waals surface area contributed by atoms with Crippen molar-refractivity contribution in [2.75, 3.05) is 13.1 Å². The summed E-state index contributed by atoms with van der Waals surface area (Å²) in [5.74, 6) is -0.174. The molecule has 0 unspecified atom stereocenters. The van der Waals surface area contributed by atoms with Gasteiger partial charge in [0.05, 0.1) is 6.42 Å². The second kappa shape index (κ2) is 9.69. The molecule has 1 aliphatic rings. The van der Waals surface area contributed by atoms with Crippen LogP contribution in [0.25, 0.3) is 0 Å². The average molecular weight is 459 g/mol. The first kappa shape index (κ1) is 21.0. The van der Waals surface area contributed by atoms with Gasteiger partial charge < -0.3 is 15.0 Å². The number of carbonyl (C=O) groups is 3. The molecule has 0 atom stereocenters. The normalized spacial score (nSPS) is 14.3. The Kier molecular flexibility index (Phi) is 7.04. The first-order valence-electron chi connectivity index (χ1n) is 9.52. The van der Waals surface area contributed by atoms with Crippen LogP contribution in [0.4, 0.5) is 0 Å². The summed E-state index contributed by atoms with van der Waals surface area (Å²) < 4.78 is 6.00. The number of ether oxygens (including phenoxy) is 1. The van der Waals surface area contributed by atoms with E-state index in [4.69, 9.17) is 4.74 Å². The molecule has 0 saturated carbocycles. The van der Waals surface area contributed by atoms with Crippen LogP contribution < -0.4 is 10.1 Å². The van der Waals surface area contributed by atoms with Gasteiger partial charge in [0.15, 0.2) is 0 Å². The lowest BCUT2D eigenvalue weighted by atomic mass is 10.0. The van der Waals surface area contributed by atoms with Crippen LogP contribution in [0.5, 0.6) is 5.75 Å². The second-order valence-corrected chi connectivity index (χ2v) is 7.98. The summed E-state index contributed by atoms with van der Waals surface area (Å²) in [5, 5.41) is 3.07. The van der Waals surface area contributed by atoms with Crippen LogP contribution in [0.3, 0.4) is 0 Å². The highest BCUT2D eigenvalue weighted by molar-refractivity contribution is 9.10. The molecule has 3 rings (SSSR count). The number of esters is 1. The molecule has 1 N–H and O–H groups in total. The maximum Gasteiger partial charge on any atom is 0.308 e. The number of halogens is 1. The molecule has 1 heterocycles. The van der Waals surface area contributed by atoms with Crippen molar-refractivity contribution in [2.24, 2.45) is 0 Å². The summed E-state index contributed by atoms with van der Waals surface area (Å²) in [5.41, 5.74) is 1.44. The number of piperidine rings is 1. The highest BCUT2D eigenvalue weighted by Crippen LogP contribution is 2.19. The summed E-state index contributed by atoms with van der Waals surface area (Å²) in [6.45, 7) is 2.46. The van der Waals surface area contributed by atoms with E-state index in [9.17, 15) is 14.4 Å². The number of nitrogens with one attached hydrogen (secondary N) is 1. The van der Waals surface area contributed by atoms with Crippen molar-refractivity contribution in [3.05, 3.63) is 64.1 Å². The van der Waals surface area contributed by atoms with Crippen LogP contribution in [0, 0.1) is 0 Å². The maximum atomic E-state index is 12.7. The Morgan fingerprint density at radius 2 is 1.83 bits per heavy atom. The number of amides is 2. The van der Waals surface area contributed by atoms with E-state index in [1.807, 2.05) is 24.3 Å². The molecular formula is C22H23BrN2O4. The molecule has 0 radical (unpaired) electrons. The van der Waals surface area contributed by atoms with Gasteiger partial charge in [0.2, 0.25) is 5.91 Å². The molecule has 2 aromatic rings. The molecule has 0 aromatic heterocycles. The van der Waals surface area contributed by atoms with E-state index in [2.05, 4.69) is 21.2 Å². The van der Waals surface area contributed by atoms with Gasteiger partial charge in [-0.15, -0.1) is 0 Å². The zero-order valence-corrected chi connectivity index (χ0v) is 17.8. The van der Waals surface area contributed by atoms with Crippen molar-refractivity contribution >= 4 is 33.7 Å². The summed E-state index contributed by atoms with van der Waals surface area (Å²) >= 11 is 3.41. The van der Waals surface area contributed by atoms with Gasteiger partial charge in [-0.2, -0.15) is 0 Å². The van der Waals surface area contributed by atoms with Crippen LogP contribution in [0.1, 0.15) is 35.7 Å². The number of hydrogen-bond donors (Lipinski definition) is 1. The lowest BCUT2D eigenvalue weighted by molar-refractivity contribution is -0.131. The van der Waals surface area contributed by atoms with E-state index in [0.29, 0.717) is 43.7 Å². The molecule has 7 heteroatoms. The molecule has 29 heavy (non-hydrogen) atoms. The number of nitrogens with zero attached hydrogens (tertiary/aromatic N) is 1. The van der Waals surface area contributed by atoms with Gasteiger partial charge in [0.1, 0.15) is 5.75 Å². The fourth-order valence-corrected chi connectivity index (χ4v) is 3.83. The number of rotatable bonds is 5. The largest absolute Gasteiger partial charge is 0.427 e. The van der Waals surface area contributed by atoms with E-state index < -0.39 is 5.97 Å². The van der Waals surface area contributed by atoms with Gasteiger partial charge in [0.25, 0.3) is 5.91 Å². The molecule has 0 spiro atoms. The minimum absolute atomic E-state index is 0.0121. The van der Waals surface area contributed by atoms with E-state index in [-0.39, 0.29) is 17.9 Å². The minimum Gasteiger partial charge on any atom is -0.427 e. The first-order chi connectivity index (χ1) is 13.9. The van der Waals surface area contributed by atoms with Gasteiger partial charge in [-0.1, -0.05) is 34.1 Å². The number of benzene rings is 2. The van der Waals surface area contributed by atoms with Crippen LogP contribution in [-0.2, 0) is 16.0 Å². The fraction of sp³-hybridized carbons (Fsp3) is 0.318. The number of likely N-dealkylation sites (tertiary alicyclic amines) is 1. The van der Waals surface area contributed by atoms with Crippen LogP contribution >= 0.6 is 15.9 Å². The molecule has 1 fully saturated rings. The van der Waals surface area contributed by atoms with Crippen molar-refractivity contribution in [3.63, 3.8) is 0 Å². The SMILES string of the molecule is CC(=O)Oc1cccc(C(=O)N2CCC(NC(=O)Cc3cccc(Br)c3)CC2)c1. The van der Waals surface area contributed by atoms with Crippen LogP contribution in [-0.4, -0.2) is 41.8 Å². The first-order valence-corrected chi connectivity index (χ1v) is 10.3. The lowest BCUT2D eigenvalue weighted by Gasteiger charge is -2.32. The van der Waals surface area contributed by atoms with E-state index in [1.54, 1.807) is 29.2 Å². The molecule has 1 saturated heterocycles. The standard InChI is InChI=1S/C22H23BrN2O4/c1-15(26)29-20-7-3-5-17(14-20)22(28)25-10-8-19(9-11-25)24-21(27)13-16-4-2-6-18(23)12-16/h2-7,12,14,19H,8-11,13H2,1H3,(H,24,27). The Bertz CT molecular complexity index is 907. The quantitative estimate of drug-likeness (QED) is 0.550. The van der Waals surface area contributed by atoms with Gasteiger partial charge in [-0.25, -0.2) is 0 Å². The third kappa shape index (κ3) is 6.15. The van der Waals surface area contributed by atoms with Crippen LogP contribution in [0.15, 0.2) is 53.0 Å². The lowest BCUT2D eigenvalue weighted by Crippen LogP contribution is -2.46. The van der Waals surface area contributed by atoms with Gasteiger partial charge >= 0.3 is 5.97 Å². The zero-order valence-electron chi connectivity index (χ0n) is 16.2. The summed E-state index contributed by atoms with van der Waals surface area (Å²) in [7, 11) is 0. The Hall–Kier alpha value is -2.67. The molecule has 2 aromatic carbocycles. The average Bonchev–Trinajstić information content (AvgIpc) is 2.67. The predicted molar refractivity (Wildman–Crippen MR) is 113 cm³/mol. The van der Waals surface area contributed by atoms with E-state index in [1.165, 1.54) is 6.92 Å². The van der Waals surface area contributed by atoms with Gasteiger partial charge in [0, 0.05) is 36.1 Å². The smallest absolute Gasteiger partial charge is 0.308 e. The number of carbonyl (C=O) groups excluding carboxylic acids is 3. The van der Waals surface area contributed by atoms with E-state index in [0.717, 1.165) is 10.0 Å². The van der Waals surface area contributed by atoms with Crippen molar-refractivity contribution in [2.45, 2.75) is 32.2 Å². The summed E-state index contributed by atoms with van der Waals surface area (Å²) in [6.07, 6.45) is 1.75. The monoisotopic (exact) mass is 458 g/mol. The summed E-state index contributed by atoms with van der Waals surface area (Å²) in [4.78, 5) is 37.9. The topological polar surface area (TPSA) is 75.7 Å². The Labute approximate surface area is 178 Å². The molecule has 2 amide bonds. The summed E-state index contributed by atoms with van der Waals surface area (Å²) in [6, 6.07) is 14.4. The zero-order chi connectivity index (χ0) is 20.8. The third-order valence-electron chi connectivity index (χ3n) is 4.74. The van der Waals surface area contributed by atoms with E-state index >= 15 is 0 Å². The Morgan fingerprint density at radius 3 is 2.52 bits per heavy atom. The molecular weight excluding hydrogens is 436 g/mol. The molecule has 0 bridgehead atoms. The second-order valence-electron chi connectivity index (χ2n) is 7.06. The maximum absolute atomic E-state index is 12.7. The predicted octanol–water partition coefficient (Wildman–Crippen LogP) is 3.34. The Morgan fingerprint density at radius 1 is 1.10 bits per heavy atom. The van der Waals surface area contributed by atoms with Gasteiger partial charge in [-0.3, -0.25) is 14.4 Å². The van der Waals surface area contributed by atoms with Crippen molar-refractivity contribution in [3.8, 4) is 5.75 Å². The van der Waals surface area contributed by atoms with Crippen molar-refractivity contribution in [1.29, 1.82) is 0 Å². The third-order valence-corrected chi connectivity index (χ3v) is 5.24. The molecule has 6 nitrogen and oxygen atoms in total.